The van der Waals surface area contributed by atoms with Crippen molar-refractivity contribution < 1.29 is 0 Å². The van der Waals surface area contributed by atoms with Crippen molar-refractivity contribution in [2.45, 2.75) is 13.5 Å². The van der Waals surface area contributed by atoms with Crippen molar-refractivity contribution in [2.24, 2.45) is 0 Å². The van der Waals surface area contributed by atoms with Gasteiger partial charge in [-0.25, -0.2) is 4.98 Å². The Morgan fingerprint density at radius 2 is 2.18 bits per heavy atom. The second-order valence-corrected chi connectivity index (χ2v) is 4.94. The van der Waals surface area contributed by atoms with Gasteiger partial charge >= 0.3 is 0 Å². The quantitative estimate of drug-likeness (QED) is 0.849. The summed E-state index contributed by atoms with van der Waals surface area (Å²) in [4.78, 5) is 4.15. The third-order valence-electron chi connectivity index (χ3n) is 2.48. The number of pyridine rings is 1. The molecule has 88 valence electrons. The molecule has 0 aliphatic rings. The molecule has 1 aromatic heterocycles. The average molecular weight is 312 g/mol. The topological polar surface area (TPSA) is 24.9 Å². The van der Waals surface area contributed by atoms with Gasteiger partial charge in [-0.2, -0.15) is 0 Å². The van der Waals surface area contributed by atoms with Gasteiger partial charge in [0.15, 0.2) is 0 Å². The lowest BCUT2D eigenvalue weighted by atomic mass is 10.1. The zero-order valence-corrected chi connectivity index (χ0v) is 11.7. The maximum Gasteiger partial charge on any atom is 0.129 e. The van der Waals surface area contributed by atoms with Gasteiger partial charge in [-0.1, -0.05) is 23.7 Å². The fourth-order valence-corrected chi connectivity index (χ4v) is 2.06. The van der Waals surface area contributed by atoms with Crippen LogP contribution in [0.2, 0.25) is 5.02 Å². The van der Waals surface area contributed by atoms with Crippen LogP contribution in [0.15, 0.2) is 41.1 Å². The van der Waals surface area contributed by atoms with Crippen LogP contribution in [0.4, 0.5) is 5.69 Å². The second-order valence-electron chi connectivity index (χ2n) is 3.78. The Hall–Kier alpha value is -1.06. The molecule has 0 atom stereocenters. The molecule has 0 unspecified atom stereocenters. The Labute approximate surface area is 114 Å². The van der Waals surface area contributed by atoms with Gasteiger partial charge in [0.2, 0.25) is 0 Å². The van der Waals surface area contributed by atoms with Gasteiger partial charge < -0.3 is 5.32 Å². The summed E-state index contributed by atoms with van der Waals surface area (Å²) in [6.45, 7) is 2.72. The Morgan fingerprint density at radius 3 is 2.88 bits per heavy atom. The lowest BCUT2D eigenvalue weighted by Gasteiger charge is -2.08. The van der Waals surface area contributed by atoms with Crippen molar-refractivity contribution in [3.05, 3.63) is 57.3 Å². The number of nitrogens with one attached hydrogen (secondary N) is 1. The summed E-state index contributed by atoms with van der Waals surface area (Å²) in [6.07, 6.45) is 1.75. The van der Waals surface area contributed by atoms with Crippen molar-refractivity contribution in [3.63, 3.8) is 0 Å². The van der Waals surface area contributed by atoms with Crippen LogP contribution < -0.4 is 5.32 Å². The Balaban J connectivity index is 2.08. The first-order chi connectivity index (χ1) is 8.16. The van der Waals surface area contributed by atoms with E-state index in [2.05, 4.69) is 32.3 Å². The number of anilines is 1. The van der Waals surface area contributed by atoms with E-state index < -0.39 is 0 Å². The number of rotatable bonds is 3. The largest absolute Gasteiger partial charge is 0.379 e. The van der Waals surface area contributed by atoms with Crippen molar-refractivity contribution in [2.75, 3.05) is 5.32 Å². The van der Waals surface area contributed by atoms with Crippen LogP contribution in [0.25, 0.3) is 0 Å². The molecule has 1 N–H and O–H groups in total. The molecule has 0 spiro atoms. The highest BCUT2D eigenvalue weighted by Crippen LogP contribution is 2.21. The van der Waals surface area contributed by atoms with E-state index in [1.807, 2.05) is 31.2 Å². The van der Waals surface area contributed by atoms with Crippen LogP contribution in [0.3, 0.4) is 0 Å². The van der Waals surface area contributed by atoms with E-state index in [9.17, 15) is 0 Å². The van der Waals surface area contributed by atoms with Crippen LogP contribution in [-0.2, 0) is 6.54 Å². The van der Waals surface area contributed by atoms with E-state index in [1.54, 1.807) is 6.20 Å². The molecule has 1 heterocycles. The van der Waals surface area contributed by atoms with Crippen LogP contribution in [0, 0.1) is 6.92 Å². The van der Waals surface area contributed by atoms with Gasteiger partial charge in [0.05, 0.1) is 5.69 Å². The van der Waals surface area contributed by atoms with E-state index >= 15 is 0 Å². The summed E-state index contributed by atoms with van der Waals surface area (Å²) in [5, 5.41) is 4.11. The van der Waals surface area contributed by atoms with Crippen molar-refractivity contribution in [3.8, 4) is 0 Å². The molecule has 2 aromatic rings. The third kappa shape index (κ3) is 3.20. The van der Waals surface area contributed by atoms with Gasteiger partial charge in [0.1, 0.15) is 4.60 Å². The van der Waals surface area contributed by atoms with E-state index in [0.717, 1.165) is 33.0 Å². The zero-order chi connectivity index (χ0) is 12.3. The number of benzene rings is 1. The first-order valence-corrected chi connectivity index (χ1v) is 6.43. The fraction of sp³-hybridized carbons (Fsp3) is 0.154. The number of nitrogens with zero attached hydrogens (tertiary/aromatic N) is 1. The summed E-state index contributed by atoms with van der Waals surface area (Å²) in [5.41, 5.74) is 3.22. The highest BCUT2D eigenvalue weighted by molar-refractivity contribution is 9.10. The van der Waals surface area contributed by atoms with E-state index in [-0.39, 0.29) is 0 Å². The van der Waals surface area contributed by atoms with Gasteiger partial charge in [-0.05, 0) is 52.2 Å². The predicted octanol–water partition coefficient (Wildman–Crippen LogP) is 4.42. The number of hydrogen-bond acceptors (Lipinski definition) is 2. The molecule has 0 aliphatic carbocycles. The van der Waals surface area contributed by atoms with E-state index in [0.29, 0.717) is 0 Å². The number of aryl methyl sites for hydroxylation is 1. The number of aromatic nitrogens is 1. The van der Waals surface area contributed by atoms with E-state index in [1.165, 1.54) is 0 Å². The molecule has 0 saturated heterocycles. The van der Waals surface area contributed by atoms with Gasteiger partial charge in [0.25, 0.3) is 0 Å². The Kier molecular flexibility index (Phi) is 4.02. The predicted molar refractivity (Wildman–Crippen MR) is 75.5 cm³/mol. The highest BCUT2D eigenvalue weighted by Gasteiger charge is 2.01. The molecule has 1 aromatic carbocycles. The standard InChI is InChI=1S/C13H12BrClN2/c1-9-4-5-10(7-11(9)15)8-17-12-3-2-6-16-13(12)14/h2-7,17H,8H2,1H3. The van der Waals surface area contributed by atoms with Crippen LogP contribution in [0.1, 0.15) is 11.1 Å². The van der Waals surface area contributed by atoms with Crippen molar-refractivity contribution in [1.82, 2.24) is 4.98 Å². The molecule has 0 radical (unpaired) electrons. The molecule has 2 rings (SSSR count). The van der Waals surface area contributed by atoms with Crippen molar-refractivity contribution in [1.29, 1.82) is 0 Å². The number of hydrogen-bond donors (Lipinski definition) is 1. The minimum Gasteiger partial charge on any atom is -0.379 e. The third-order valence-corrected chi connectivity index (χ3v) is 3.52. The monoisotopic (exact) mass is 310 g/mol. The Morgan fingerprint density at radius 1 is 1.35 bits per heavy atom. The summed E-state index contributed by atoms with van der Waals surface area (Å²) in [7, 11) is 0. The summed E-state index contributed by atoms with van der Waals surface area (Å²) in [5.74, 6) is 0. The highest BCUT2D eigenvalue weighted by atomic mass is 79.9. The zero-order valence-electron chi connectivity index (χ0n) is 9.37. The first-order valence-electron chi connectivity index (χ1n) is 5.26. The smallest absolute Gasteiger partial charge is 0.129 e. The molecule has 0 aliphatic heterocycles. The van der Waals surface area contributed by atoms with Crippen LogP contribution >= 0.6 is 27.5 Å². The first kappa shape index (κ1) is 12.4. The molecule has 0 amide bonds. The Bertz CT molecular complexity index is 529. The summed E-state index contributed by atoms with van der Waals surface area (Å²) in [6, 6.07) is 9.95. The van der Waals surface area contributed by atoms with Crippen LogP contribution in [0.5, 0.6) is 0 Å². The molecule has 0 fully saturated rings. The maximum atomic E-state index is 6.08. The fourth-order valence-electron chi connectivity index (χ4n) is 1.46. The molecular formula is C13H12BrClN2. The molecule has 2 nitrogen and oxygen atoms in total. The normalized spacial score (nSPS) is 10.3. The molecular weight excluding hydrogens is 300 g/mol. The average Bonchev–Trinajstić information content (AvgIpc) is 2.32. The van der Waals surface area contributed by atoms with Gasteiger partial charge in [0, 0.05) is 17.8 Å². The van der Waals surface area contributed by atoms with E-state index in [4.69, 9.17) is 11.6 Å². The van der Waals surface area contributed by atoms with Crippen LogP contribution in [-0.4, -0.2) is 4.98 Å². The summed E-state index contributed by atoms with van der Waals surface area (Å²) < 4.78 is 0.818. The maximum absolute atomic E-state index is 6.08. The minimum atomic E-state index is 0.726. The summed E-state index contributed by atoms with van der Waals surface area (Å²) >= 11 is 9.47. The molecule has 4 heteroatoms. The van der Waals surface area contributed by atoms with Crippen molar-refractivity contribution >= 4 is 33.2 Å². The second kappa shape index (κ2) is 5.52. The lowest BCUT2D eigenvalue weighted by molar-refractivity contribution is 1.12. The molecule has 0 saturated carbocycles. The molecule has 17 heavy (non-hydrogen) atoms. The number of halogens is 2. The molecule has 0 bridgehead atoms. The van der Waals surface area contributed by atoms with Gasteiger partial charge in [-0.3, -0.25) is 0 Å². The SMILES string of the molecule is Cc1ccc(CNc2cccnc2Br)cc1Cl. The lowest BCUT2D eigenvalue weighted by Crippen LogP contribution is -2.00. The van der Waals surface area contributed by atoms with Gasteiger partial charge in [-0.15, -0.1) is 0 Å². The minimum absolute atomic E-state index is 0.726.